The van der Waals surface area contributed by atoms with E-state index in [0.29, 0.717) is 6.61 Å². The molecule has 0 aliphatic heterocycles. The minimum atomic E-state index is -0.327. The molecule has 2 heteroatoms. The topological polar surface area (TPSA) is 26.3 Å². The quantitative estimate of drug-likeness (QED) is 0.398. The van der Waals surface area contributed by atoms with Gasteiger partial charge in [0.25, 0.3) is 0 Å². The van der Waals surface area contributed by atoms with Crippen LogP contribution in [-0.2, 0) is 20.4 Å². The van der Waals surface area contributed by atoms with Crippen LogP contribution in [0, 0.1) is 6.92 Å². The molecule has 2 aromatic carbocycles. The molecular weight excluding hydrogens is 368 g/mol. The van der Waals surface area contributed by atoms with Gasteiger partial charge in [0, 0.05) is 6.08 Å². The average molecular weight is 403 g/mol. The van der Waals surface area contributed by atoms with Crippen molar-refractivity contribution in [3.63, 3.8) is 0 Å². The molecule has 0 bridgehead atoms. The summed E-state index contributed by atoms with van der Waals surface area (Å²) in [4.78, 5) is 11.8. The molecule has 0 aromatic heterocycles. The standard InChI is InChI=1S/C28H34O2/c1-8-30-26(29)14-13-21-11-9-10-12-22(21)20(3)23-18-25-24(17-19(23)2)27(4,5)15-16-28(25,6)7/h9-14,17-18H,3,8,15-16H2,1-2,4-7H3/b14-13+. The highest BCUT2D eigenvalue weighted by atomic mass is 16.5. The van der Waals surface area contributed by atoms with Crippen LogP contribution in [0.5, 0.6) is 0 Å². The predicted octanol–water partition coefficient (Wildman–Crippen LogP) is 6.98. The molecule has 0 N–H and O–H groups in total. The minimum absolute atomic E-state index is 0.150. The lowest BCUT2D eigenvalue weighted by Crippen LogP contribution is -2.34. The van der Waals surface area contributed by atoms with E-state index in [0.717, 1.165) is 16.7 Å². The number of fused-ring (bicyclic) bond motifs is 1. The molecule has 0 saturated carbocycles. The summed E-state index contributed by atoms with van der Waals surface area (Å²) in [6.45, 7) is 18.2. The number of hydrogen-bond acceptors (Lipinski definition) is 2. The third kappa shape index (κ3) is 4.28. The van der Waals surface area contributed by atoms with E-state index in [4.69, 9.17) is 4.74 Å². The number of carbonyl (C=O) groups is 1. The van der Waals surface area contributed by atoms with Crippen molar-refractivity contribution in [2.75, 3.05) is 6.61 Å². The molecule has 2 nitrogen and oxygen atoms in total. The molecule has 0 unspecified atom stereocenters. The molecule has 0 atom stereocenters. The highest BCUT2D eigenvalue weighted by Gasteiger charge is 2.37. The molecule has 2 aromatic rings. The van der Waals surface area contributed by atoms with Crippen molar-refractivity contribution in [2.45, 2.75) is 65.2 Å². The van der Waals surface area contributed by atoms with Crippen LogP contribution in [0.2, 0.25) is 0 Å². The van der Waals surface area contributed by atoms with Crippen LogP contribution in [0.25, 0.3) is 11.6 Å². The number of rotatable bonds is 5. The molecule has 3 rings (SSSR count). The molecule has 30 heavy (non-hydrogen) atoms. The Hall–Kier alpha value is -2.61. The number of hydrogen-bond donors (Lipinski definition) is 0. The van der Waals surface area contributed by atoms with Crippen LogP contribution in [0.1, 0.15) is 80.8 Å². The van der Waals surface area contributed by atoms with Crippen molar-refractivity contribution in [1.29, 1.82) is 0 Å². The molecule has 0 heterocycles. The lowest BCUT2D eigenvalue weighted by Gasteiger charge is -2.42. The molecule has 0 amide bonds. The van der Waals surface area contributed by atoms with Gasteiger partial charge < -0.3 is 4.74 Å². The minimum Gasteiger partial charge on any atom is -0.463 e. The largest absolute Gasteiger partial charge is 0.463 e. The van der Waals surface area contributed by atoms with E-state index in [-0.39, 0.29) is 16.8 Å². The zero-order valence-corrected chi connectivity index (χ0v) is 19.3. The van der Waals surface area contributed by atoms with Crippen molar-refractivity contribution in [1.82, 2.24) is 0 Å². The van der Waals surface area contributed by atoms with E-state index < -0.39 is 0 Å². The van der Waals surface area contributed by atoms with Gasteiger partial charge in [0.05, 0.1) is 6.61 Å². The normalized spacial score (nSPS) is 16.9. The molecular formula is C28H34O2. The molecule has 0 spiro atoms. The molecule has 1 aliphatic carbocycles. The Balaban J connectivity index is 2.06. The van der Waals surface area contributed by atoms with Gasteiger partial charge in [0.15, 0.2) is 0 Å². The zero-order chi connectivity index (χ0) is 22.1. The number of esters is 1. The number of benzene rings is 2. The van der Waals surface area contributed by atoms with Crippen LogP contribution >= 0.6 is 0 Å². The summed E-state index contributed by atoms with van der Waals surface area (Å²) in [5, 5.41) is 0. The summed E-state index contributed by atoms with van der Waals surface area (Å²) in [6.07, 6.45) is 5.69. The smallest absolute Gasteiger partial charge is 0.330 e. The first kappa shape index (κ1) is 22.1. The Morgan fingerprint density at radius 2 is 1.63 bits per heavy atom. The van der Waals surface area contributed by atoms with E-state index >= 15 is 0 Å². The van der Waals surface area contributed by atoms with Crippen LogP contribution in [0.15, 0.2) is 49.1 Å². The van der Waals surface area contributed by atoms with Crippen molar-refractivity contribution in [3.05, 3.63) is 82.4 Å². The summed E-state index contributed by atoms with van der Waals surface area (Å²) in [6, 6.07) is 12.8. The molecule has 0 saturated heterocycles. The van der Waals surface area contributed by atoms with Gasteiger partial charge >= 0.3 is 5.97 Å². The van der Waals surface area contributed by atoms with E-state index in [2.05, 4.69) is 59.4 Å². The van der Waals surface area contributed by atoms with Gasteiger partial charge in [-0.1, -0.05) is 70.7 Å². The Kier molecular flexibility index (Phi) is 6.08. The maximum Gasteiger partial charge on any atom is 0.330 e. The fraction of sp³-hybridized carbons (Fsp3) is 0.393. The van der Waals surface area contributed by atoms with Gasteiger partial charge in [0.2, 0.25) is 0 Å². The third-order valence-corrected chi connectivity index (χ3v) is 6.49. The van der Waals surface area contributed by atoms with Gasteiger partial charge in [0.1, 0.15) is 0 Å². The van der Waals surface area contributed by atoms with Gasteiger partial charge in [-0.15, -0.1) is 0 Å². The van der Waals surface area contributed by atoms with Crippen molar-refractivity contribution in [3.8, 4) is 0 Å². The summed E-state index contributed by atoms with van der Waals surface area (Å²) < 4.78 is 5.02. The van der Waals surface area contributed by atoms with Gasteiger partial charge in [-0.2, -0.15) is 0 Å². The summed E-state index contributed by atoms with van der Waals surface area (Å²) in [5.41, 5.74) is 8.64. The first-order valence-corrected chi connectivity index (χ1v) is 10.9. The first-order valence-electron chi connectivity index (χ1n) is 10.9. The van der Waals surface area contributed by atoms with E-state index in [1.807, 2.05) is 31.2 Å². The summed E-state index contributed by atoms with van der Waals surface area (Å²) in [7, 11) is 0. The van der Waals surface area contributed by atoms with Crippen molar-refractivity contribution >= 4 is 17.6 Å². The van der Waals surface area contributed by atoms with Gasteiger partial charge in [-0.05, 0) is 82.5 Å². The van der Waals surface area contributed by atoms with Crippen molar-refractivity contribution < 1.29 is 9.53 Å². The average Bonchev–Trinajstić information content (AvgIpc) is 2.70. The summed E-state index contributed by atoms with van der Waals surface area (Å²) >= 11 is 0. The molecule has 0 radical (unpaired) electrons. The van der Waals surface area contributed by atoms with E-state index in [9.17, 15) is 4.79 Å². The van der Waals surface area contributed by atoms with Crippen molar-refractivity contribution in [2.24, 2.45) is 0 Å². The maximum atomic E-state index is 11.8. The molecule has 0 fully saturated rings. The number of aryl methyl sites for hydroxylation is 1. The van der Waals surface area contributed by atoms with Crippen LogP contribution in [0.3, 0.4) is 0 Å². The maximum absolute atomic E-state index is 11.8. The number of ether oxygens (including phenoxy) is 1. The lowest BCUT2D eigenvalue weighted by atomic mass is 9.62. The van der Waals surface area contributed by atoms with E-state index in [1.165, 1.54) is 41.2 Å². The Morgan fingerprint density at radius 3 is 2.27 bits per heavy atom. The number of carbonyl (C=O) groups excluding carboxylic acids is 1. The fourth-order valence-corrected chi connectivity index (χ4v) is 4.46. The molecule has 158 valence electrons. The third-order valence-electron chi connectivity index (χ3n) is 6.49. The molecule has 1 aliphatic rings. The summed E-state index contributed by atoms with van der Waals surface area (Å²) in [5.74, 6) is -0.327. The Morgan fingerprint density at radius 1 is 1.03 bits per heavy atom. The second-order valence-electron chi connectivity index (χ2n) is 9.63. The second kappa shape index (κ2) is 8.26. The Bertz CT molecular complexity index is 1010. The second-order valence-corrected chi connectivity index (χ2v) is 9.63. The Labute approximate surface area is 181 Å². The first-order chi connectivity index (χ1) is 14.1. The van der Waals surface area contributed by atoms with E-state index in [1.54, 1.807) is 0 Å². The highest BCUT2D eigenvalue weighted by molar-refractivity contribution is 5.90. The van der Waals surface area contributed by atoms with Gasteiger partial charge in [-0.25, -0.2) is 4.79 Å². The zero-order valence-electron chi connectivity index (χ0n) is 19.3. The lowest BCUT2D eigenvalue weighted by molar-refractivity contribution is -0.137. The van der Waals surface area contributed by atoms with Crippen LogP contribution in [0.4, 0.5) is 0 Å². The van der Waals surface area contributed by atoms with Gasteiger partial charge in [-0.3, -0.25) is 0 Å². The van der Waals surface area contributed by atoms with Crippen LogP contribution in [-0.4, -0.2) is 12.6 Å². The predicted molar refractivity (Wildman–Crippen MR) is 127 cm³/mol. The SMILES string of the molecule is C=C(c1cc2c(cc1C)C(C)(C)CCC2(C)C)c1ccccc1/C=C/C(=O)OCC. The fourth-order valence-electron chi connectivity index (χ4n) is 4.46. The highest BCUT2D eigenvalue weighted by Crippen LogP contribution is 2.47. The van der Waals surface area contributed by atoms with Crippen LogP contribution < -0.4 is 0 Å². The monoisotopic (exact) mass is 402 g/mol.